The Morgan fingerprint density at radius 3 is 2.76 bits per heavy atom. The van der Waals surface area contributed by atoms with Gasteiger partial charge < -0.3 is 15.8 Å². The van der Waals surface area contributed by atoms with Crippen molar-refractivity contribution < 1.29 is 14.5 Å². The van der Waals surface area contributed by atoms with Gasteiger partial charge >= 0.3 is 0 Å². The standard InChI is InChI=1S/C14H21N3O4/c1-10(2)9-21-7-3-6-16-13-5-4-11(17(19)20)8-12(13)14(15)18/h4-5,8,10,16H,3,6-7,9H2,1-2H3,(H2,15,18). The number of anilines is 1. The Morgan fingerprint density at radius 1 is 1.48 bits per heavy atom. The molecule has 3 N–H and O–H groups in total. The van der Waals surface area contributed by atoms with Crippen LogP contribution in [0.25, 0.3) is 0 Å². The van der Waals surface area contributed by atoms with Crippen molar-refractivity contribution in [2.24, 2.45) is 11.7 Å². The van der Waals surface area contributed by atoms with Crippen molar-refractivity contribution >= 4 is 17.3 Å². The second-order valence-electron chi connectivity index (χ2n) is 5.10. The third-order valence-electron chi connectivity index (χ3n) is 2.71. The topological polar surface area (TPSA) is 107 Å². The summed E-state index contributed by atoms with van der Waals surface area (Å²) in [5.74, 6) is -0.202. The molecule has 0 spiro atoms. The molecule has 0 radical (unpaired) electrons. The van der Waals surface area contributed by atoms with Gasteiger partial charge in [-0.15, -0.1) is 0 Å². The monoisotopic (exact) mass is 295 g/mol. The number of nitro benzene ring substituents is 1. The Labute approximate surface area is 123 Å². The van der Waals surface area contributed by atoms with Crippen LogP contribution in [0.3, 0.4) is 0 Å². The van der Waals surface area contributed by atoms with Gasteiger partial charge in [-0.05, 0) is 18.4 Å². The maximum absolute atomic E-state index is 11.3. The molecule has 7 heteroatoms. The van der Waals surface area contributed by atoms with Crippen molar-refractivity contribution in [1.82, 2.24) is 0 Å². The number of amides is 1. The maximum atomic E-state index is 11.3. The van der Waals surface area contributed by atoms with Crippen molar-refractivity contribution in [2.45, 2.75) is 20.3 Å². The minimum atomic E-state index is -0.697. The normalized spacial score (nSPS) is 10.6. The molecule has 0 unspecified atom stereocenters. The fourth-order valence-corrected chi connectivity index (χ4v) is 1.72. The molecule has 1 aromatic rings. The van der Waals surface area contributed by atoms with Crippen LogP contribution in [0.1, 0.15) is 30.6 Å². The summed E-state index contributed by atoms with van der Waals surface area (Å²) in [6.45, 7) is 6.08. The maximum Gasteiger partial charge on any atom is 0.270 e. The number of ether oxygens (including phenoxy) is 1. The lowest BCUT2D eigenvalue weighted by molar-refractivity contribution is -0.384. The van der Waals surface area contributed by atoms with Crippen LogP contribution in [-0.2, 0) is 4.74 Å². The van der Waals surface area contributed by atoms with E-state index in [-0.39, 0.29) is 11.3 Å². The number of nitrogens with two attached hydrogens (primary N) is 1. The van der Waals surface area contributed by atoms with Gasteiger partial charge in [0.15, 0.2) is 0 Å². The summed E-state index contributed by atoms with van der Waals surface area (Å²) in [5.41, 5.74) is 5.70. The zero-order chi connectivity index (χ0) is 15.8. The quantitative estimate of drug-likeness (QED) is 0.412. The summed E-state index contributed by atoms with van der Waals surface area (Å²) in [5, 5.41) is 13.7. The number of carbonyl (C=O) groups is 1. The van der Waals surface area contributed by atoms with Gasteiger partial charge in [0.05, 0.1) is 10.5 Å². The molecule has 0 aliphatic carbocycles. The van der Waals surface area contributed by atoms with E-state index in [0.29, 0.717) is 31.4 Å². The molecule has 1 rings (SSSR count). The molecule has 0 heterocycles. The van der Waals surface area contributed by atoms with E-state index >= 15 is 0 Å². The first-order valence-corrected chi connectivity index (χ1v) is 6.81. The fourth-order valence-electron chi connectivity index (χ4n) is 1.72. The van der Waals surface area contributed by atoms with Crippen molar-refractivity contribution in [2.75, 3.05) is 25.1 Å². The second-order valence-corrected chi connectivity index (χ2v) is 5.10. The number of benzene rings is 1. The van der Waals surface area contributed by atoms with Gasteiger partial charge in [0.2, 0.25) is 0 Å². The van der Waals surface area contributed by atoms with Gasteiger partial charge in [0.25, 0.3) is 11.6 Å². The van der Waals surface area contributed by atoms with Crippen molar-refractivity contribution in [1.29, 1.82) is 0 Å². The van der Waals surface area contributed by atoms with Crippen LogP contribution in [0.4, 0.5) is 11.4 Å². The Balaban J connectivity index is 2.54. The summed E-state index contributed by atoms with van der Waals surface area (Å²) in [6.07, 6.45) is 0.766. The molecule has 0 saturated carbocycles. The lowest BCUT2D eigenvalue weighted by atomic mass is 10.1. The van der Waals surface area contributed by atoms with Crippen LogP contribution in [0.2, 0.25) is 0 Å². The van der Waals surface area contributed by atoms with Crippen molar-refractivity contribution in [3.05, 3.63) is 33.9 Å². The highest BCUT2D eigenvalue weighted by atomic mass is 16.6. The number of non-ortho nitro benzene ring substituents is 1. The van der Waals surface area contributed by atoms with E-state index in [4.69, 9.17) is 10.5 Å². The van der Waals surface area contributed by atoms with Crippen molar-refractivity contribution in [3.63, 3.8) is 0 Å². The summed E-state index contributed by atoms with van der Waals surface area (Å²) in [7, 11) is 0. The number of nitrogens with zero attached hydrogens (tertiary/aromatic N) is 1. The molecule has 0 atom stereocenters. The molecule has 0 aromatic heterocycles. The van der Waals surface area contributed by atoms with E-state index in [0.717, 1.165) is 6.42 Å². The molecule has 1 amide bonds. The first-order chi connectivity index (χ1) is 9.91. The largest absolute Gasteiger partial charge is 0.384 e. The van der Waals surface area contributed by atoms with Crippen LogP contribution in [-0.4, -0.2) is 30.6 Å². The number of nitrogens with one attached hydrogen (secondary N) is 1. The smallest absolute Gasteiger partial charge is 0.270 e. The highest BCUT2D eigenvalue weighted by Gasteiger charge is 2.14. The van der Waals surface area contributed by atoms with Crippen LogP contribution in [0.15, 0.2) is 18.2 Å². The molecule has 1 aromatic carbocycles. The first-order valence-electron chi connectivity index (χ1n) is 6.81. The highest BCUT2D eigenvalue weighted by molar-refractivity contribution is 5.99. The minimum Gasteiger partial charge on any atom is -0.384 e. The van der Waals surface area contributed by atoms with E-state index in [2.05, 4.69) is 19.2 Å². The van der Waals surface area contributed by atoms with Gasteiger partial charge in [-0.1, -0.05) is 13.8 Å². The molecular formula is C14H21N3O4. The predicted molar refractivity (Wildman–Crippen MR) is 80.4 cm³/mol. The van der Waals surface area contributed by atoms with Gasteiger partial charge in [0, 0.05) is 37.6 Å². The molecule has 21 heavy (non-hydrogen) atoms. The van der Waals surface area contributed by atoms with E-state index in [9.17, 15) is 14.9 Å². The van der Waals surface area contributed by atoms with Gasteiger partial charge in [-0.3, -0.25) is 14.9 Å². The number of hydrogen-bond acceptors (Lipinski definition) is 5. The number of carbonyl (C=O) groups excluding carboxylic acids is 1. The number of nitro groups is 1. The van der Waals surface area contributed by atoms with Gasteiger partial charge in [-0.25, -0.2) is 0 Å². The van der Waals surface area contributed by atoms with Crippen LogP contribution in [0.5, 0.6) is 0 Å². The molecule has 0 aliphatic rings. The average Bonchev–Trinajstić information content (AvgIpc) is 2.42. The third kappa shape index (κ3) is 5.78. The molecule has 0 bridgehead atoms. The fraction of sp³-hybridized carbons (Fsp3) is 0.500. The Bertz CT molecular complexity index is 503. The first kappa shape index (κ1) is 16.9. The molecule has 7 nitrogen and oxygen atoms in total. The molecule has 0 saturated heterocycles. The van der Waals surface area contributed by atoms with Crippen LogP contribution in [0, 0.1) is 16.0 Å². The van der Waals surface area contributed by atoms with E-state index in [1.807, 2.05) is 0 Å². The van der Waals surface area contributed by atoms with E-state index in [1.165, 1.54) is 18.2 Å². The second kappa shape index (κ2) is 8.21. The van der Waals surface area contributed by atoms with E-state index < -0.39 is 10.8 Å². The predicted octanol–water partition coefficient (Wildman–Crippen LogP) is 2.17. The third-order valence-corrected chi connectivity index (χ3v) is 2.71. The molecular weight excluding hydrogens is 274 g/mol. The number of primary amides is 1. The van der Waals surface area contributed by atoms with Crippen LogP contribution >= 0.6 is 0 Å². The number of hydrogen-bond donors (Lipinski definition) is 2. The summed E-state index contributed by atoms with van der Waals surface area (Å²) in [4.78, 5) is 21.5. The average molecular weight is 295 g/mol. The van der Waals surface area contributed by atoms with E-state index in [1.54, 1.807) is 0 Å². The molecule has 0 aliphatic heterocycles. The van der Waals surface area contributed by atoms with Crippen LogP contribution < -0.4 is 11.1 Å². The van der Waals surface area contributed by atoms with Gasteiger partial charge in [-0.2, -0.15) is 0 Å². The number of rotatable bonds is 9. The summed E-state index contributed by atoms with van der Waals surface area (Å²) in [6, 6.07) is 4.01. The SMILES string of the molecule is CC(C)COCCCNc1ccc([N+](=O)[O-])cc1C(N)=O. The zero-order valence-electron chi connectivity index (χ0n) is 12.3. The molecule has 116 valence electrons. The lowest BCUT2D eigenvalue weighted by Crippen LogP contribution is -2.16. The Hall–Kier alpha value is -2.15. The molecule has 0 fully saturated rings. The summed E-state index contributed by atoms with van der Waals surface area (Å²) < 4.78 is 5.44. The summed E-state index contributed by atoms with van der Waals surface area (Å²) >= 11 is 0. The van der Waals surface area contributed by atoms with Gasteiger partial charge in [0.1, 0.15) is 0 Å². The Morgan fingerprint density at radius 2 is 2.19 bits per heavy atom. The lowest BCUT2D eigenvalue weighted by Gasteiger charge is -2.11. The zero-order valence-corrected chi connectivity index (χ0v) is 12.3. The van der Waals surface area contributed by atoms with Crippen molar-refractivity contribution in [3.8, 4) is 0 Å². The highest BCUT2D eigenvalue weighted by Crippen LogP contribution is 2.21. The minimum absolute atomic E-state index is 0.118. The Kier molecular flexibility index (Phi) is 6.61.